The minimum atomic E-state index is -0.448. The summed E-state index contributed by atoms with van der Waals surface area (Å²) in [7, 11) is 0. The number of nitrogens with zero attached hydrogens (tertiary/aromatic N) is 2. The second-order valence-corrected chi connectivity index (χ2v) is 8.93. The molecule has 2 aliphatic heterocycles. The van der Waals surface area contributed by atoms with Gasteiger partial charge in [-0.05, 0) is 43.0 Å². The monoisotopic (exact) mass is 401 g/mol. The van der Waals surface area contributed by atoms with Crippen LogP contribution in [0.15, 0.2) is 41.7 Å². The zero-order valence-electron chi connectivity index (χ0n) is 14.6. The molecule has 7 heteroatoms. The van der Waals surface area contributed by atoms with Crippen LogP contribution in [-0.4, -0.2) is 33.2 Å². The smallest absolute Gasteiger partial charge is 0.154 e. The standard InChI is InChI=1S/C20H20ClN3O2S/c21-13-5-12(8-23-9-13)11-1-3-17-15(6-11)20(10-27-19(22)24-20)16-7-14(25)2-4-18(16)26-17/h1,3,5-6,8-9,14,16,18,25H,2,4,7,10H2,(H2,22,24). The molecule has 1 saturated carbocycles. The van der Waals surface area contributed by atoms with E-state index in [-0.39, 0.29) is 18.1 Å². The molecule has 1 fully saturated rings. The molecule has 0 bridgehead atoms. The van der Waals surface area contributed by atoms with E-state index in [9.17, 15) is 5.11 Å². The van der Waals surface area contributed by atoms with E-state index < -0.39 is 5.54 Å². The molecule has 5 rings (SSSR count). The van der Waals surface area contributed by atoms with Crippen molar-refractivity contribution in [2.75, 3.05) is 5.75 Å². The quantitative estimate of drug-likeness (QED) is 0.763. The number of rotatable bonds is 1. The summed E-state index contributed by atoms with van der Waals surface area (Å²) in [5.41, 5.74) is 8.68. The van der Waals surface area contributed by atoms with Gasteiger partial charge in [0.25, 0.3) is 0 Å². The molecular formula is C20H20ClN3O2S. The third-order valence-electron chi connectivity index (χ3n) is 5.88. The van der Waals surface area contributed by atoms with E-state index in [0.29, 0.717) is 16.6 Å². The average molecular weight is 402 g/mol. The summed E-state index contributed by atoms with van der Waals surface area (Å²) >= 11 is 7.71. The highest BCUT2D eigenvalue weighted by Gasteiger charge is 2.54. The van der Waals surface area contributed by atoms with E-state index in [1.54, 1.807) is 24.2 Å². The number of halogens is 1. The SMILES string of the molecule is NC1=NC2(CS1)c1cc(-c3cncc(Cl)c3)ccc1OC1CCC(O)CC12. The molecule has 0 amide bonds. The number of aliphatic hydroxyl groups is 1. The van der Waals surface area contributed by atoms with Gasteiger partial charge < -0.3 is 15.6 Å². The van der Waals surface area contributed by atoms with Crippen LogP contribution in [0.4, 0.5) is 0 Å². The van der Waals surface area contributed by atoms with Crippen LogP contribution >= 0.6 is 23.4 Å². The van der Waals surface area contributed by atoms with E-state index in [4.69, 9.17) is 27.1 Å². The first kappa shape index (κ1) is 17.3. The zero-order chi connectivity index (χ0) is 18.6. The molecule has 1 aromatic carbocycles. The second-order valence-electron chi connectivity index (χ2n) is 7.50. The van der Waals surface area contributed by atoms with Crippen molar-refractivity contribution in [3.8, 4) is 16.9 Å². The van der Waals surface area contributed by atoms with Crippen molar-refractivity contribution in [2.45, 2.75) is 37.0 Å². The number of fused-ring (bicyclic) bond motifs is 4. The van der Waals surface area contributed by atoms with Crippen LogP contribution in [-0.2, 0) is 5.54 Å². The third kappa shape index (κ3) is 2.82. The number of pyridine rings is 1. The lowest BCUT2D eigenvalue weighted by Crippen LogP contribution is -2.51. The molecule has 4 atom stereocenters. The number of amidine groups is 1. The second kappa shape index (κ2) is 6.40. The lowest BCUT2D eigenvalue weighted by Gasteiger charge is -2.48. The Labute approximate surface area is 167 Å². The summed E-state index contributed by atoms with van der Waals surface area (Å²) in [6, 6.07) is 8.08. The Balaban J connectivity index is 1.66. The molecule has 1 aromatic heterocycles. The van der Waals surface area contributed by atoms with Gasteiger partial charge in [0, 0.05) is 35.2 Å². The Morgan fingerprint density at radius 1 is 1.22 bits per heavy atom. The fourth-order valence-electron chi connectivity index (χ4n) is 4.62. The Hall–Kier alpha value is -1.76. The van der Waals surface area contributed by atoms with Crippen molar-refractivity contribution in [2.24, 2.45) is 16.6 Å². The number of aliphatic imine (C=N–C) groups is 1. The van der Waals surface area contributed by atoms with Crippen molar-refractivity contribution < 1.29 is 9.84 Å². The van der Waals surface area contributed by atoms with Gasteiger partial charge in [-0.25, -0.2) is 4.99 Å². The van der Waals surface area contributed by atoms with Gasteiger partial charge in [0.05, 0.1) is 11.1 Å². The maximum absolute atomic E-state index is 10.3. The topological polar surface area (TPSA) is 80.7 Å². The Morgan fingerprint density at radius 2 is 2.11 bits per heavy atom. The van der Waals surface area contributed by atoms with E-state index in [0.717, 1.165) is 41.0 Å². The summed E-state index contributed by atoms with van der Waals surface area (Å²) in [4.78, 5) is 9.12. The van der Waals surface area contributed by atoms with E-state index >= 15 is 0 Å². The van der Waals surface area contributed by atoms with Crippen LogP contribution < -0.4 is 10.5 Å². The summed E-state index contributed by atoms with van der Waals surface area (Å²) in [5.74, 6) is 1.76. The number of ether oxygens (including phenoxy) is 1. The molecule has 3 heterocycles. The van der Waals surface area contributed by atoms with Gasteiger partial charge in [0.1, 0.15) is 17.4 Å². The number of hydrogen-bond donors (Lipinski definition) is 2. The van der Waals surface area contributed by atoms with Gasteiger partial charge in [-0.1, -0.05) is 29.4 Å². The average Bonchev–Trinajstić information content (AvgIpc) is 3.05. The first-order valence-electron chi connectivity index (χ1n) is 9.13. The van der Waals surface area contributed by atoms with Gasteiger partial charge >= 0.3 is 0 Å². The molecule has 0 radical (unpaired) electrons. The van der Waals surface area contributed by atoms with Gasteiger partial charge in [-0.3, -0.25) is 4.98 Å². The van der Waals surface area contributed by atoms with Gasteiger partial charge in [0.2, 0.25) is 0 Å². The van der Waals surface area contributed by atoms with Crippen molar-refractivity contribution >= 4 is 28.5 Å². The highest BCUT2D eigenvalue weighted by molar-refractivity contribution is 8.14. The molecule has 5 nitrogen and oxygen atoms in total. The molecular weight excluding hydrogens is 382 g/mol. The molecule has 27 heavy (non-hydrogen) atoms. The molecule has 1 aliphatic carbocycles. The van der Waals surface area contributed by atoms with Gasteiger partial charge in [-0.15, -0.1) is 0 Å². The molecule has 3 aliphatic rings. The molecule has 3 N–H and O–H groups in total. The Kier molecular flexibility index (Phi) is 4.11. The van der Waals surface area contributed by atoms with Crippen LogP contribution in [0.3, 0.4) is 0 Å². The number of aromatic nitrogens is 1. The molecule has 4 unspecified atom stereocenters. The van der Waals surface area contributed by atoms with Crippen LogP contribution in [0.5, 0.6) is 5.75 Å². The molecule has 2 aromatic rings. The number of thioether (sulfide) groups is 1. The summed E-state index contributed by atoms with van der Waals surface area (Å²) in [6.45, 7) is 0. The van der Waals surface area contributed by atoms with Gasteiger partial charge in [0.15, 0.2) is 5.17 Å². The highest BCUT2D eigenvalue weighted by atomic mass is 35.5. The van der Waals surface area contributed by atoms with Gasteiger partial charge in [-0.2, -0.15) is 0 Å². The minimum absolute atomic E-state index is 0.0647. The fraction of sp³-hybridized carbons (Fsp3) is 0.400. The van der Waals surface area contributed by atoms with Crippen LogP contribution in [0.2, 0.25) is 5.02 Å². The summed E-state index contributed by atoms with van der Waals surface area (Å²) in [5, 5.41) is 11.5. The van der Waals surface area contributed by atoms with E-state index in [1.807, 2.05) is 18.2 Å². The first-order chi connectivity index (χ1) is 13.0. The first-order valence-corrected chi connectivity index (χ1v) is 10.5. The molecule has 140 valence electrons. The van der Waals surface area contributed by atoms with Crippen molar-refractivity contribution in [3.05, 3.63) is 47.2 Å². The van der Waals surface area contributed by atoms with Crippen molar-refractivity contribution in [1.82, 2.24) is 4.98 Å². The van der Waals surface area contributed by atoms with Crippen LogP contribution in [0, 0.1) is 5.92 Å². The Morgan fingerprint density at radius 3 is 2.89 bits per heavy atom. The predicted molar refractivity (Wildman–Crippen MR) is 108 cm³/mol. The number of hydrogen-bond acceptors (Lipinski definition) is 6. The number of nitrogens with two attached hydrogens (primary N) is 1. The van der Waals surface area contributed by atoms with Crippen molar-refractivity contribution in [1.29, 1.82) is 0 Å². The van der Waals surface area contributed by atoms with Crippen molar-refractivity contribution in [3.63, 3.8) is 0 Å². The third-order valence-corrected chi connectivity index (χ3v) is 7.06. The normalized spacial score (nSPS) is 31.8. The molecule has 1 spiro atoms. The number of aliphatic hydroxyl groups excluding tert-OH is 1. The lowest BCUT2D eigenvalue weighted by atomic mass is 9.68. The summed E-state index contributed by atoms with van der Waals surface area (Å²) < 4.78 is 6.35. The van der Waals surface area contributed by atoms with Crippen LogP contribution in [0.1, 0.15) is 24.8 Å². The fourth-order valence-corrected chi connectivity index (χ4v) is 5.82. The minimum Gasteiger partial charge on any atom is -0.490 e. The maximum Gasteiger partial charge on any atom is 0.154 e. The highest BCUT2D eigenvalue weighted by Crippen LogP contribution is 2.54. The lowest BCUT2D eigenvalue weighted by molar-refractivity contribution is -0.0236. The van der Waals surface area contributed by atoms with E-state index in [2.05, 4.69) is 11.1 Å². The zero-order valence-corrected chi connectivity index (χ0v) is 16.2. The van der Waals surface area contributed by atoms with Crippen LogP contribution in [0.25, 0.3) is 11.1 Å². The Bertz CT molecular complexity index is 937. The predicted octanol–water partition coefficient (Wildman–Crippen LogP) is 3.58. The van der Waals surface area contributed by atoms with E-state index in [1.165, 1.54) is 0 Å². The molecule has 0 saturated heterocycles. The summed E-state index contributed by atoms with van der Waals surface area (Å²) in [6.07, 6.45) is 5.48. The maximum atomic E-state index is 10.3. The largest absolute Gasteiger partial charge is 0.490 e. The number of benzene rings is 1.